The Labute approximate surface area is 55.8 Å². The minimum Gasteiger partial charge on any atom is -0.392 e. The van der Waals surface area contributed by atoms with Crippen molar-refractivity contribution in [3.05, 3.63) is 0 Å². The molecule has 2 nitrogen and oxygen atoms in total. The molecular weight excluding hydrogens is 116 g/mol. The molecule has 0 fully saturated rings. The number of hydrogen-bond donors (Lipinski definition) is 1. The lowest BCUT2D eigenvalue weighted by atomic mass is 10.1. The molecule has 0 aliphatic rings. The second kappa shape index (κ2) is 3.49. The number of hydrogen-bond acceptors (Lipinski definition) is 2. The molecule has 1 N–H and O–H groups in total. The number of ether oxygens (including phenoxy) is 1. The molecule has 0 spiro atoms. The van der Waals surface area contributed by atoms with Crippen molar-refractivity contribution in [2.75, 3.05) is 13.7 Å². The summed E-state index contributed by atoms with van der Waals surface area (Å²) in [5.74, 6) is 5.41. The zero-order valence-electron chi connectivity index (χ0n) is 6.06. The summed E-state index contributed by atoms with van der Waals surface area (Å²) in [7, 11) is 1.53. The molecule has 2 heteroatoms. The van der Waals surface area contributed by atoms with Crippen LogP contribution in [0.3, 0.4) is 0 Å². The molecule has 1 unspecified atom stereocenters. The van der Waals surface area contributed by atoms with E-state index in [1.807, 2.05) is 0 Å². The maximum atomic E-state index is 8.69. The molecule has 0 amide bonds. The molecule has 52 valence electrons. The fraction of sp³-hybridized carbons (Fsp3) is 0.714. The van der Waals surface area contributed by atoms with Crippen molar-refractivity contribution in [3.63, 3.8) is 0 Å². The molecule has 0 bridgehead atoms. The van der Waals surface area contributed by atoms with E-state index in [-0.39, 0.29) is 6.61 Å². The van der Waals surface area contributed by atoms with Gasteiger partial charge in [0.1, 0.15) is 5.60 Å². The van der Waals surface area contributed by atoms with Gasteiger partial charge >= 0.3 is 0 Å². The predicted octanol–water partition coefficient (Wildman–Crippen LogP) is 0.407. The number of methoxy groups -OCH3 is 1. The second-order valence-electron chi connectivity index (χ2n) is 1.97. The second-order valence-corrected chi connectivity index (χ2v) is 1.97. The largest absolute Gasteiger partial charge is 0.392 e. The molecule has 0 aromatic rings. The van der Waals surface area contributed by atoms with Gasteiger partial charge in [0.05, 0.1) is 6.61 Å². The van der Waals surface area contributed by atoms with Crippen LogP contribution in [0.25, 0.3) is 0 Å². The zero-order chi connectivity index (χ0) is 7.33. The lowest BCUT2D eigenvalue weighted by Gasteiger charge is -2.17. The molecule has 0 aromatic heterocycles. The van der Waals surface area contributed by atoms with Crippen LogP contribution >= 0.6 is 0 Å². The van der Waals surface area contributed by atoms with Gasteiger partial charge in [-0.3, -0.25) is 0 Å². The van der Waals surface area contributed by atoms with Crippen LogP contribution in [0.15, 0.2) is 0 Å². The van der Waals surface area contributed by atoms with E-state index in [2.05, 4.69) is 11.8 Å². The average molecular weight is 128 g/mol. The maximum absolute atomic E-state index is 8.69. The van der Waals surface area contributed by atoms with Crippen LogP contribution in [0.4, 0.5) is 0 Å². The standard InChI is InChI=1S/C7H12O2/c1-4-5-7(2,6-8)9-3/h8H,6H2,1-3H3. The third-order valence-electron chi connectivity index (χ3n) is 1.14. The highest BCUT2D eigenvalue weighted by atomic mass is 16.5. The Morgan fingerprint density at radius 3 is 2.33 bits per heavy atom. The first-order chi connectivity index (χ1) is 4.18. The molecular formula is C7H12O2. The molecule has 9 heavy (non-hydrogen) atoms. The Hall–Kier alpha value is -0.520. The van der Waals surface area contributed by atoms with E-state index in [1.54, 1.807) is 13.8 Å². The number of rotatable bonds is 2. The summed E-state index contributed by atoms with van der Waals surface area (Å²) < 4.78 is 4.90. The summed E-state index contributed by atoms with van der Waals surface area (Å²) >= 11 is 0. The van der Waals surface area contributed by atoms with Gasteiger partial charge in [0.15, 0.2) is 0 Å². The minimum absolute atomic E-state index is 0.0651. The van der Waals surface area contributed by atoms with E-state index >= 15 is 0 Å². The molecule has 0 heterocycles. The Bertz CT molecular complexity index is 126. The fourth-order valence-electron chi connectivity index (χ4n) is 0.420. The van der Waals surface area contributed by atoms with Gasteiger partial charge in [-0.05, 0) is 13.8 Å². The van der Waals surface area contributed by atoms with Gasteiger partial charge in [0, 0.05) is 7.11 Å². The first-order valence-corrected chi connectivity index (χ1v) is 2.78. The topological polar surface area (TPSA) is 29.5 Å². The summed E-state index contributed by atoms with van der Waals surface area (Å²) in [6.45, 7) is 3.39. The summed E-state index contributed by atoms with van der Waals surface area (Å²) in [6.07, 6.45) is 0. The van der Waals surface area contributed by atoms with E-state index in [9.17, 15) is 0 Å². The molecule has 1 atom stereocenters. The number of aliphatic hydroxyl groups excluding tert-OH is 1. The van der Waals surface area contributed by atoms with Crippen LogP contribution in [0.1, 0.15) is 13.8 Å². The quantitative estimate of drug-likeness (QED) is 0.546. The van der Waals surface area contributed by atoms with Gasteiger partial charge in [0.2, 0.25) is 0 Å². The third kappa shape index (κ3) is 2.50. The summed E-state index contributed by atoms with van der Waals surface area (Å²) in [5.41, 5.74) is -0.672. The van der Waals surface area contributed by atoms with Gasteiger partial charge in [-0.25, -0.2) is 0 Å². The molecule has 0 aliphatic carbocycles. The Morgan fingerprint density at radius 1 is 1.67 bits per heavy atom. The zero-order valence-corrected chi connectivity index (χ0v) is 6.06. The summed E-state index contributed by atoms with van der Waals surface area (Å²) in [4.78, 5) is 0. The lowest BCUT2D eigenvalue weighted by Crippen LogP contribution is -2.29. The van der Waals surface area contributed by atoms with Crippen molar-refractivity contribution in [3.8, 4) is 11.8 Å². The SMILES string of the molecule is CC#CC(C)(CO)OC. The van der Waals surface area contributed by atoms with E-state index in [0.29, 0.717) is 0 Å². The van der Waals surface area contributed by atoms with Crippen molar-refractivity contribution in [2.45, 2.75) is 19.4 Å². The lowest BCUT2D eigenvalue weighted by molar-refractivity contribution is 0.00804. The minimum atomic E-state index is -0.672. The van der Waals surface area contributed by atoms with Crippen molar-refractivity contribution < 1.29 is 9.84 Å². The molecule has 0 saturated heterocycles. The fourth-order valence-corrected chi connectivity index (χ4v) is 0.420. The molecule has 0 aliphatic heterocycles. The van der Waals surface area contributed by atoms with Gasteiger partial charge in [-0.2, -0.15) is 0 Å². The van der Waals surface area contributed by atoms with Crippen molar-refractivity contribution in [2.24, 2.45) is 0 Å². The Balaban J connectivity index is 4.03. The molecule has 0 radical (unpaired) electrons. The summed E-state index contributed by atoms with van der Waals surface area (Å²) in [6, 6.07) is 0. The predicted molar refractivity (Wildman–Crippen MR) is 35.9 cm³/mol. The highest BCUT2D eigenvalue weighted by Gasteiger charge is 2.17. The van der Waals surface area contributed by atoms with Crippen molar-refractivity contribution >= 4 is 0 Å². The smallest absolute Gasteiger partial charge is 0.148 e. The van der Waals surface area contributed by atoms with E-state index in [4.69, 9.17) is 9.84 Å². The first kappa shape index (κ1) is 8.48. The van der Waals surface area contributed by atoms with E-state index in [1.165, 1.54) is 7.11 Å². The van der Waals surface area contributed by atoms with Crippen LogP contribution in [-0.4, -0.2) is 24.4 Å². The van der Waals surface area contributed by atoms with Crippen LogP contribution in [0, 0.1) is 11.8 Å². The number of aliphatic hydroxyl groups is 1. The Kier molecular flexibility index (Phi) is 3.29. The van der Waals surface area contributed by atoms with Gasteiger partial charge in [0.25, 0.3) is 0 Å². The average Bonchev–Trinajstić information content (AvgIpc) is 1.89. The highest BCUT2D eigenvalue weighted by molar-refractivity contribution is 5.10. The molecule has 0 aromatic carbocycles. The first-order valence-electron chi connectivity index (χ1n) is 2.78. The highest BCUT2D eigenvalue weighted by Crippen LogP contribution is 2.04. The normalized spacial score (nSPS) is 15.6. The van der Waals surface area contributed by atoms with Gasteiger partial charge in [-0.15, -0.1) is 5.92 Å². The van der Waals surface area contributed by atoms with Crippen LogP contribution in [-0.2, 0) is 4.74 Å². The summed E-state index contributed by atoms with van der Waals surface area (Å²) in [5, 5.41) is 8.69. The van der Waals surface area contributed by atoms with Crippen molar-refractivity contribution in [1.82, 2.24) is 0 Å². The van der Waals surface area contributed by atoms with E-state index < -0.39 is 5.60 Å². The maximum Gasteiger partial charge on any atom is 0.148 e. The Morgan fingerprint density at radius 2 is 2.22 bits per heavy atom. The van der Waals surface area contributed by atoms with E-state index in [0.717, 1.165) is 0 Å². The monoisotopic (exact) mass is 128 g/mol. The van der Waals surface area contributed by atoms with Gasteiger partial charge < -0.3 is 9.84 Å². The third-order valence-corrected chi connectivity index (χ3v) is 1.14. The molecule has 0 saturated carbocycles. The van der Waals surface area contributed by atoms with Crippen LogP contribution in [0.5, 0.6) is 0 Å². The molecule has 0 rings (SSSR count). The van der Waals surface area contributed by atoms with Crippen LogP contribution < -0.4 is 0 Å². The van der Waals surface area contributed by atoms with Gasteiger partial charge in [-0.1, -0.05) is 5.92 Å². The van der Waals surface area contributed by atoms with Crippen molar-refractivity contribution in [1.29, 1.82) is 0 Å². The van der Waals surface area contributed by atoms with Crippen LogP contribution in [0.2, 0.25) is 0 Å².